The molecule has 0 amide bonds. The van der Waals surface area contributed by atoms with E-state index >= 15 is 0 Å². The Morgan fingerprint density at radius 1 is 1.27 bits per heavy atom. The summed E-state index contributed by atoms with van der Waals surface area (Å²) in [6.07, 6.45) is -4.81. The maximum Gasteiger partial charge on any atom is 0.417 e. The van der Waals surface area contributed by atoms with E-state index < -0.39 is 26.7 Å². The van der Waals surface area contributed by atoms with Gasteiger partial charge in [0.05, 0.1) is 10.5 Å². The molecule has 0 atom stereocenters. The van der Waals surface area contributed by atoms with Crippen LogP contribution in [-0.4, -0.2) is 8.42 Å². The van der Waals surface area contributed by atoms with Gasteiger partial charge in [0.2, 0.25) is 10.0 Å². The Kier molecular flexibility index (Phi) is 4.50. The number of nitrogens with two attached hydrogens (primary N) is 1. The molecule has 0 fully saturated rings. The second-order valence-corrected chi connectivity index (χ2v) is 7.16. The molecule has 120 valence electrons. The summed E-state index contributed by atoms with van der Waals surface area (Å²) in [7, 11) is -4.44. The van der Waals surface area contributed by atoms with Crippen LogP contribution in [0.25, 0.3) is 0 Å². The standard InChI is InChI=1S/C13H13F3N2O2S2/c1-8-4-5-21-11(8)7-18-9-2-3-12(22(17,19)20)10(6-9)13(14,15)16/h2-6,18H,7H2,1H3,(H2,17,19,20). The predicted molar refractivity (Wildman–Crippen MR) is 79.2 cm³/mol. The number of benzene rings is 1. The highest BCUT2D eigenvalue weighted by atomic mass is 32.2. The lowest BCUT2D eigenvalue weighted by Gasteiger charge is -2.14. The van der Waals surface area contributed by atoms with Gasteiger partial charge in [-0.2, -0.15) is 13.2 Å². The molecular weight excluding hydrogens is 337 g/mol. The Morgan fingerprint density at radius 2 is 1.95 bits per heavy atom. The zero-order valence-corrected chi connectivity index (χ0v) is 13.1. The van der Waals surface area contributed by atoms with E-state index in [0.717, 1.165) is 22.6 Å². The summed E-state index contributed by atoms with van der Waals surface area (Å²) in [5.41, 5.74) is -0.0647. The first-order chi connectivity index (χ1) is 10.1. The molecule has 0 radical (unpaired) electrons. The van der Waals surface area contributed by atoms with Crippen LogP contribution in [0.1, 0.15) is 16.0 Å². The van der Waals surface area contributed by atoms with E-state index in [1.807, 2.05) is 18.4 Å². The number of hydrogen-bond donors (Lipinski definition) is 2. The van der Waals surface area contributed by atoms with Crippen molar-refractivity contribution in [3.8, 4) is 0 Å². The fraction of sp³-hybridized carbons (Fsp3) is 0.231. The molecule has 3 N–H and O–H groups in total. The number of sulfonamides is 1. The van der Waals surface area contributed by atoms with E-state index in [1.165, 1.54) is 17.4 Å². The summed E-state index contributed by atoms with van der Waals surface area (Å²) < 4.78 is 61.5. The fourth-order valence-electron chi connectivity index (χ4n) is 1.88. The van der Waals surface area contributed by atoms with Crippen molar-refractivity contribution in [2.24, 2.45) is 5.14 Å². The Labute approximate surface area is 129 Å². The second-order valence-electron chi connectivity index (χ2n) is 4.63. The predicted octanol–water partition coefficient (Wildman–Crippen LogP) is 3.33. The molecule has 0 saturated carbocycles. The summed E-state index contributed by atoms with van der Waals surface area (Å²) in [6, 6.07) is 4.79. The summed E-state index contributed by atoms with van der Waals surface area (Å²) >= 11 is 1.49. The third-order valence-electron chi connectivity index (χ3n) is 3.01. The molecule has 0 aliphatic heterocycles. The lowest BCUT2D eigenvalue weighted by molar-refractivity contribution is -0.139. The molecule has 4 nitrogen and oxygen atoms in total. The second kappa shape index (κ2) is 5.90. The van der Waals surface area contributed by atoms with Gasteiger partial charge in [-0.25, -0.2) is 13.6 Å². The summed E-state index contributed by atoms with van der Waals surface area (Å²) in [4.78, 5) is 0.0573. The molecule has 0 aliphatic rings. The molecule has 1 heterocycles. The van der Waals surface area contributed by atoms with Crippen LogP contribution in [0.5, 0.6) is 0 Å². The van der Waals surface area contributed by atoms with Crippen molar-refractivity contribution < 1.29 is 21.6 Å². The van der Waals surface area contributed by atoms with Crippen molar-refractivity contribution in [1.82, 2.24) is 0 Å². The normalized spacial score (nSPS) is 12.4. The highest BCUT2D eigenvalue weighted by Crippen LogP contribution is 2.35. The van der Waals surface area contributed by atoms with E-state index in [1.54, 1.807) is 0 Å². The van der Waals surface area contributed by atoms with Crippen LogP contribution >= 0.6 is 11.3 Å². The molecule has 1 aromatic carbocycles. The summed E-state index contributed by atoms with van der Waals surface area (Å²) in [5, 5.41) is 9.57. The summed E-state index contributed by atoms with van der Waals surface area (Å²) in [6.45, 7) is 2.26. The van der Waals surface area contributed by atoms with Gasteiger partial charge in [-0.15, -0.1) is 11.3 Å². The highest BCUT2D eigenvalue weighted by molar-refractivity contribution is 7.89. The van der Waals surface area contributed by atoms with Gasteiger partial charge in [0, 0.05) is 17.1 Å². The molecule has 0 spiro atoms. The first-order valence-corrected chi connectivity index (χ1v) is 8.52. The van der Waals surface area contributed by atoms with Crippen LogP contribution < -0.4 is 10.5 Å². The molecular formula is C13H13F3N2O2S2. The molecule has 1 aromatic heterocycles. The monoisotopic (exact) mass is 350 g/mol. The van der Waals surface area contributed by atoms with Gasteiger partial charge >= 0.3 is 6.18 Å². The van der Waals surface area contributed by atoms with Crippen molar-refractivity contribution in [3.05, 3.63) is 45.6 Å². The number of halogens is 3. The fourth-order valence-corrected chi connectivity index (χ4v) is 3.46. The minimum atomic E-state index is -4.81. The van der Waals surface area contributed by atoms with Crippen molar-refractivity contribution in [1.29, 1.82) is 0 Å². The first-order valence-electron chi connectivity index (χ1n) is 6.10. The lowest BCUT2D eigenvalue weighted by Crippen LogP contribution is -2.19. The van der Waals surface area contributed by atoms with Crippen LogP contribution in [0.15, 0.2) is 34.5 Å². The Morgan fingerprint density at radius 3 is 2.45 bits per heavy atom. The number of alkyl halides is 3. The van der Waals surface area contributed by atoms with Gasteiger partial charge in [0.25, 0.3) is 0 Å². The highest BCUT2D eigenvalue weighted by Gasteiger charge is 2.36. The van der Waals surface area contributed by atoms with Gasteiger partial charge in [-0.3, -0.25) is 0 Å². The number of aryl methyl sites for hydroxylation is 1. The Balaban J connectivity index is 2.33. The zero-order valence-electron chi connectivity index (χ0n) is 11.4. The molecule has 0 aliphatic carbocycles. The third kappa shape index (κ3) is 3.79. The zero-order chi connectivity index (χ0) is 16.5. The molecule has 0 saturated heterocycles. The average Bonchev–Trinajstić information content (AvgIpc) is 2.79. The third-order valence-corrected chi connectivity index (χ3v) is 5.00. The van der Waals surface area contributed by atoms with Crippen LogP contribution in [0.4, 0.5) is 18.9 Å². The number of thiophene rings is 1. The summed E-state index contributed by atoms with van der Waals surface area (Å²) in [5.74, 6) is 0. The molecule has 0 bridgehead atoms. The lowest BCUT2D eigenvalue weighted by atomic mass is 10.2. The average molecular weight is 350 g/mol. The number of anilines is 1. The van der Waals surface area contributed by atoms with Gasteiger partial charge in [0.15, 0.2) is 0 Å². The maximum atomic E-state index is 13.0. The van der Waals surface area contributed by atoms with E-state index in [2.05, 4.69) is 5.32 Å². The van der Waals surface area contributed by atoms with Gasteiger partial charge in [-0.05, 0) is 42.1 Å². The number of primary sulfonamides is 1. The minimum absolute atomic E-state index is 0.174. The Bertz CT molecular complexity index is 783. The molecule has 0 unspecified atom stereocenters. The Hall–Kier alpha value is -1.58. The van der Waals surface area contributed by atoms with Crippen molar-refractivity contribution in [2.75, 3.05) is 5.32 Å². The molecule has 9 heteroatoms. The number of hydrogen-bond acceptors (Lipinski definition) is 4. The van der Waals surface area contributed by atoms with Crippen LogP contribution in [-0.2, 0) is 22.7 Å². The van der Waals surface area contributed by atoms with Crippen LogP contribution in [0.2, 0.25) is 0 Å². The van der Waals surface area contributed by atoms with Crippen molar-refractivity contribution in [3.63, 3.8) is 0 Å². The quantitative estimate of drug-likeness (QED) is 0.888. The van der Waals surface area contributed by atoms with Gasteiger partial charge in [-0.1, -0.05) is 0 Å². The number of rotatable bonds is 4. The first kappa shape index (κ1) is 16.8. The maximum absolute atomic E-state index is 13.0. The SMILES string of the molecule is Cc1ccsc1CNc1ccc(S(N)(=O)=O)c(C(F)(F)F)c1. The van der Waals surface area contributed by atoms with Crippen LogP contribution in [0, 0.1) is 6.92 Å². The molecule has 2 aromatic rings. The van der Waals surface area contributed by atoms with Crippen LogP contribution in [0.3, 0.4) is 0 Å². The smallest absolute Gasteiger partial charge is 0.380 e. The van der Waals surface area contributed by atoms with Gasteiger partial charge < -0.3 is 5.32 Å². The van der Waals surface area contributed by atoms with E-state index in [9.17, 15) is 21.6 Å². The largest absolute Gasteiger partial charge is 0.417 e. The van der Waals surface area contributed by atoms with E-state index in [0.29, 0.717) is 6.54 Å². The van der Waals surface area contributed by atoms with E-state index in [-0.39, 0.29) is 5.69 Å². The van der Waals surface area contributed by atoms with Crippen molar-refractivity contribution in [2.45, 2.75) is 24.5 Å². The topological polar surface area (TPSA) is 72.2 Å². The molecule has 2 rings (SSSR count). The van der Waals surface area contributed by atoms with E-state index in [4.69, 9.17) is 5.14 Å². The molecule has 22 heavy (non-hydrogen) atoms. The van der Waals surface area contributed by atoms with Crippen molar-refractivity contribution >= 4 is 27.0 Å². The minimum Gasteiger partial charge on any atom is -0.380 e. The van der Waals surface area contributed by atoms with Gasteiger partial charge in [0.1, 0.15) is 0 Å². The number of nitrogens with one attached hydrogen (secondary N) is 1.